The first-order chi connectivity index (χ1) is 13.5. The summed E-state index contributed by atoms with van der Waals surface area (Å²) in [6.45, 7) is 0. The Kier molecular flexibility index (Phi) is 4.58. The first kappa shape index (κ1) is 17.8. The van der Waals surface area contributed by atoms with Gasteiger partial charge in [-0.05, 0) is 48.2 Å². The van der Waals surface area contributed by atoms with Crippen LogP contribution in [-0.2, 0) is 4.79 Å². The maximum Gasteiger partial charge on any atom is 0.335 e. The third-order valence-corrected chi connectivity index (χ3v) is 4.97. The van der Waals surface area contributed by atoms with E-state index in [1.165, 1.54) is 18.2 Å². The van der Waals surface area contributed by atoms with Crippen LogP contribution in [0, 0.1) is 0 Å². The topological polar surface area (TPSA) is 87.8 Å². The molecule has 0 bridgehead atoms. The molecule has 1 aromatic heterocycles. The van der Waals surface area contributed by atoms with Crippen LogP contribution in [0.4, 0.5) is 10.5 Å². The molecular formula is C21H13NO5S. The highest BCUT2D eigenvalue weighted by Crippen LogP contribution is 2.36. The van der Waals surface area contributed by atoms with Gasteiger partial charge < -0.3 is 9.52 Å². The number of carboxylic acids is 1. The number of rotatable bonds is 4. The summed E-state index contributed by atoms with van der Waals surface area (Å²) in [7, 11) is 0. The number of para-hydroxylation sites is 1. The monoisotopic (exact) mass is 391 g/mol. The number of furan rings is 1. The largest absolute Gasteiger partial charge is 0.478 e. The minimum absolute atomic E-state index is 0.152. The van der Waals surface area contributed by atoms with E-state index in [9.17, 15) is 14.4 Å². The number of nitrogens with zero attached hydrogens (tertiary/aromatic N) is 1. The number of hydrogen-bond acceptors (Lipinski definition) is 5. The summed E-state index contributed by atoms with van der Waals surface area (Å²) in [5.41, 5.74) is 1.27. The minimum Gasteiger partial charge on any atom is -0.478 e. The lowest BCUT2D eigenvalue weighted by Crippen LogP contribution is -2.27. The molecule has 2 amide bonds. The minimum atomic E-state index is -1.02. The molecule has 1 aliphatic rings. The molecule has 138 valence electrons. The summed E-state index contributed by atoms with van der Waals surface area (Å²) < 4.78 is 5.73. The van der Waals surface area contributed by atoms with Crippen molar-refractivity contribution in [3.8, 4) is 11.3 Å². The van der Waals surface area contributed by atoms with Crippen LogP contribution in [0.2, 0.25) is 0 Å². The smallest absolute Gasteiger partial charge is 0.335 e. The molecule has 28 heavy (non-hydrogen) atoms. The maximum atomic E-state index is 12.6. The summed E-state index contributed by atoms with van der Waals surface area (Å²) in [5, 5.41) is 8.74. The van der Waals surface area contributed by atoms with Gasteiger partial charge in [0.05, 0.1) is 16.2 Å². The highest BCUT2D eigenvalue weighted by atomic mass is 32.2. The van der Waals surface area contributed by atoms with E-state index in [0.717, 1.165) is 16.7 Å². The normalized spacial score (nSPS) is 15.4. The van der Waals surface area contributed by atoms with Crippen molar-refractivity contribution in [3.63, 3.8) is 0 Å². The van der Waals surface area contributed by atoms with Crippen LogP contribution >= 0.6 is 11.8 Å². The Morgan fingerprint density at radius 1 is 1.00 bits per heavy atom. The molecule has 1 aliphatic heterocycles. The number of benzene rings is 2. The van der Waals surface area contributed by atoms with Crippen LogP contribution in [0.1, 0.15) is 16.1 Å². The van der Waals surface area contributed by atoms with Gasteiger partial charge in [-0.1, -0.05) is 30.3 Å². The van der Waals surface area contributed by atoms with E-state index in [-0.39, 0.29) is 15.7 Å². The first-order valence-corrected chi connectivity index (χ1v) is 9.11. The Balaban J connectivity index is 1.61. The van der Waals surface area contributed by atoms with Crippen molar-refractivity contribution in [1.29, 1.82) is 0 Å². The summed E-state index contributed by atoms with van der Waals surface area (Å²) in [6, 6.07) is 18.4. The Hall–Kier alpha value is -3.58. The Labute approximate surface area is 164 Å². The number of imide groups is 1. The Morgan fingerprint density at radius 2 is 1.79 bits per heavy atom. The van der Waals surface area contributed by atoms with E-state index in [1.54, 1.807) is 48.5 Å². The van der Waals surface area contributed by atoms with Crippen LogP contribution in [0.15, 0.2) is 76.1 Å². The number of carbonyl (C=O) groups is 3. The van der Waals surface area contributed by atoms with Crippen molar-refractivity contribution in [2.75, 3.05) is 4.90 Å². The van der Waals surface area contributed by atoms with Gasteiger partial charge in [-0.3, -0.25) is 9.59 Å². The average Bonchev–Trinajstić information content (AvgIpc) is 3.27. The second-order valence-electron chi connectivity index (χ2n) is 5.94. The van der Waals surface area contributed by atoms with E-state index in [1.807, 2.05) is 6.07 Å². The standard InChI is InChI=1S/C21H13NO5S/c23-19-18(28-21(26)22(19)15-7-2-1-3-8-15)12-16-9-10-17(27-16)13-5-4-6-14(11-13)20(24)25/h1-12H,(H,24,25). The number of aromatic carboxylic acids is 1. The molecule has 1 saturated heterocycles. The Bertz CT molecular complexity index is 1120. The lowest BCUT2D eigenvalue weighted by molar-refractivity contribution is -0.113. The van der Waals surface area contributed by atoms with E-state index in [2.05, 4.69) is 0 Å². The molecule has 1 fully saturated rings. The second-order valence-corrected chi connectivity index (χ2v) is 6.93. The molecule has 0 unspecified atom stereocenters. The molecule has 6 nitrogen and oxygen atoms in total. The van der Waals surface area contributed by atoms with Gasteiger partial charge in [0.2, 0.25) is 0 Å². The molecule has 2 heterocycles. The van der Waals surface area contributed by atoms with Gasteiger partial charge in [0.15, 0.2) is 0 Å². The van der Waals surface area contributed by atoms with Gasteiger partial charge in [-0.15, -0.1) is 0 Å². The fraction of sp³-hybridized carbons (Fsp3) is 0. The lowest BCUT2D eigenvalue weighted by Gasteiger charge is -2.11. The van der Waals surface area contributed by atoms with Crippen LogP contribution < -0.4 is 4.90 Å². The van der Waals surface area contributed by atoms with Gasteiger partial charge in [-0.25, -0.2) is 9.69 Å². The molecule has 4 rings (SSSR count). The predicted molar refractivity (Wildman–Crippen MR) is 106 cm³/mol. The van der Waals surface area contributed by atoms with Crippen molar-refractivity contribution >= 4 is 40.6 Å². The highest BCUT2D eigenvalue weighted by Gasteiger charge is 2.36. The molecule has 0 aliphatic carbocycles. The zero-order valence-electron chi connectivity index (χ0n) is 14.4. The van der Waals surface area contributed by atoms with Gasteiger partial charge >= 0.3 is 5.97 Å². The van der Waals surface area contributed by atoms with E-state index in [0.29, 0.717) is 22.8 Å². The quantitative estimate of drug-likeness (QED) is 0.638. The first-order valence-electron chi connectivity index (χ1n) is 8.29. The summed E-state index contributed by atoms with van der Waals surface area (Å²) >= 11 is 0.844. The third-order valence-electron chi connectivity index (χ3n) is 4.10. The van der Waals surface area contributed by atoms with Crippen LogP contribution in [0.25, 0.3) is 17.4 Å². The molecule has 0 atom stereocenters. The molecule has 1 N–H and O–H groups in total. The van der Waals surface area contributed by atoms with Crippen LogP contribution in [-0.4, -0.2) is 22.2 Å². The third kappa shape index (κ3) is 3.35. The highest BCUT2D eigenvalue weighted by molar-refractivity contribution is 8.19. The van der Waals surface area contributed by atoms with Crippen LogP contribution in [0.3, 0.4) is 0 Å². The van der Waals surface area contributed by atoms with Crippen molar-refractivity contribution < 1.29 is 23.9 Å². The van der Waals surface area contributed by atoms with Crippen molar-refractivity contribution in [2.24, 2.45) is 0 Å². The predicted octanol–water partition coefficient (Wildman–Crippen LogP) is 4.89. The summed E-state index contributed by atoms with van der Waals surface area (Å²) in [4.78, 5) is 37.4. The van der Waals surface area contributed by atoms with Crippen molar-refractivity contribution in [2.45, 2.75) is 0 Å². The molecule has 7 heteroatoms. The van der Waals surface area contributed by atoms with Gasteiger partial charge in [0.25, 0.3) is 11.1 Å². The summed E-state index contributed by atoms with van der Waals surface area (Å²) in [6.07, 6.45) is 1.51. The number of carboxylic acid groups (broad SMARTS) is 1. The van der Waals surface area contributed by atoms with Crippen LogP contribution in [0.5, 0.6) is 0 Å². The maximum absolute atomic E-state index is 12.6. The lowest BCUT2D eigenvalue weighted by atomic mass is 10.1. The SMILES string of the molecule is O=C(O)c1cccc(-c2ccc(C=C3SC(=O)N(c4ccccc4)C3=O)o2)c1. The second kappa shape index (κ2) is 7.21. The van der Waals surface area contributed by atoms with E-state index >= 15 is 0 Å². The molecule has 0 radical (unpaired) electrons. The number of carbonyl (C=O) groups excluding carboxylic acids is 2. The fourth-order valence-electron chi connectivity index (χ4n) is 2.79. The van der Waals surface area contributed by atoms with Gasteiger partial charge in [0, 0.05) is 11.6 Å². The van der Waals surface area contributed by atoms with E-state index < -0.39 is 11.9 Å². The Morgan fingerprint density at radius 3 is 2.54 bits per heavy atom. The number of thioether (sulfide) groups is 1. The number of hydrogen-bond donors (Lipinski definition) is 1. The molecule has 3 aromatic rings. The molecular weight excluding hydrogens is 378 g/mol. The molecule has 0 saturated carbocycles. The fourth-order valence-corrected chi connectivity index (χ4v) is 3.61. The average molecular weight is 391 g/mol. The zero-order chi connectivity index (χ0) is 19.7. The van der Waals surface area contributed by atoms with Crippen molar-refractivity contribution in [1.82, 2.24) is 0 Å². The van der Waals surface area contributed by atoms with Gasteiger partial charge in [0.1, 0.15) is 11.5 Å². The summed E-state index contributed by atoms with van der Waals surface area (Å²) in [5.74, 6) is -0.568. The number of amides is 2. The van der Waals surface area contributed by atoms with Crippen molar-refractivity contribution in [3.05, 3.63) is 83.0 Å². The molecule has 0 spiro atoms. The number of anilines is 1. The molecule has 2 aromatic carbocycles. The van der Waals surface area contributed by atoms with E-state index in [4.69, 9.17) is 9.52 Å². The van der Waals surface area contributed by atoms with Gasteiger partial charge in [-0.2, -0.15) is 0 Å². The zero-order valence-corrected chi connectivity index (χ0v) is 15.2.